The fourth-order valence-corrected chi connectivity index (χ4v) is 2.59. The molecular weight excluding hydrogens is 356 g/mol. The summed E-state index contributed by atoms with van der Waals surface area (Å²) >= 11 is 5.88. The molecule has 2 aromatic rings. The first kappa shape index (κ1) is 19.8. The standard InChI is InChI=1S/C19H21ClN2O4/c1-26-17-8-3-2-5-14(17)12-22-19(25)18(24)21-10-9-16(23)13-6-4-7-15(20)11-13/h2-8,11,16,23H,9-10,12H2,1H3,(H,21,24)(H,22,25). The summed E-state index contributed by atoms with van der Waals surface area (Å²) in [6.07, 6.45) is -0.503. The maximum Gasteiger partial charge on any atom is 0.309 e. The maximum absolute atomic E-state index is 11.9. The van der Waals surface area contributed by atoms with E-state index in [1.807, 2.05) is 12.1 Å². The number of benzene rings is 2. The Balaban J connectivity index is 1.76. The van der Waals surface area contributed by atoms with Crippen LogP contribution in [0.1, 0.15) is 23.7 Å². The van der Waals surface area contributed by atoms with Gasteiger partial charge >= 0.3 is 11.8 Å². The SMILES string of the molecule is COc1ccccc1CNC(=O)C(=O)NCCC(O)c1cccc(Cl)c1. The highest BCUT2D eigenvalue weighted by molar-refractivity contribution is 6.35. The molecule has 2 rings (SSSR count). The van der Waals surface area contributed by atoms with E-state index < -0.39 is 17.9 Å². The van der Waals surface area contributed by atoms with Crippen LogP contribution in [0.3, 0.4) is 0 Å². The summed E-state index contributed by atoms with van der Waals surface area (Å²) in [6, 6.07) is 14.1. The molecule has 0 aliphatic rings. The van der Waals surface area contributed by atoms with Crippen LogP contribution < -0.4 is 15.4 Å². The number of hydrogen-bond donors (Lipinski definition) is 3. The van der Waals surface area contributed by atoms with E-state index in [1.54, 1.807) is 43.5 Å². The van der Waals surface area contributed by atoms with Gasteiger partial charge in [-0.15, -0.1) is 0 Å². The molecule has 0 bridgehead atoms. The van der Waals surface area contributed by atoms with Gasteiger partial charge in [0.15, 0.2) is 0 Å². The topological polar surface area (TPSA) is 87.7 Å². The van der Waals surface area contributed by atoms with Gasteiger partial charge in [0.1, 0.15) is 5.75 Å². The lowest BCUT2D eigenvalue weighted by Crippen LogP contribution is -2.40. The Morgan fingerprint density at radius 3 is 2.58 bits per heavy atom. The van der Waals surface area contributed by atoms with Crippen molar-refractivity contribution in [2.45, 2.75) is 19.1 Å². The van der Waals surface area contributed by atoms with Crippen LogP contribution in [0.25, 0.3) is 0 Å². The molecule has 2 aromatic carbocycles. The van der Waals surface area contributed by atoms with Gasteiger partial charge in [-0.3, -0.25) is 9.59 Å². The van der Waals surface area contributed by atoms with E-state index in [-0.39, 0.29) is 19.5 Å². The van der Waals surface area contributed by atoms with Crippen molar-refractivity contribution < 1.29 is 19.4 Å². The van der Waals surface area contributed by atoms with Gasteiger partial charge in [0, 0.05) is 23.7 Å². The van der Waals surface area contributed by atoms with Gasteiger partial charge in [-0.25, -0.2) is 0 Å². The van der Waals surface area contributed by atoms with Crippen molar-refractivity contribution in [2.24, 2.45) is 0 Å². The van der Waals surface area contributed by atoms with Crippen molar-refractivity contribution in [3.05, 3.63) is 64.7 Å². The summed E-state index contributed by atoms with van der Waals surface area (Å²) < 4.78 is 5.19. The highest BCUT2D eigenvalue weighted by atomic mass is 35.5. The van der Waals surface area contributed by atoms with Crippen molar-refractivity contribution in [3.8, 4) is 5.75 Å². The zero-order valence-corrected chi connectivity index (χ0v) is 15.1. The van der Waals surface area contributed by atoms with E-state index in [1.165, 1.54) is 0 Å². The summed E-state index contributed by atoms with van der Waals surface area (Å²) in [6.45, 7) is 0.343. The number of aliphatic hydroxyl groups is 1. The van der Waals surface area contributed by atoms with E-state index in [0.717, 1.165) is 5.56 Å². The molecule has 0 heterocycles. The van der Waals surface area contributed by atoms with Gasteiger partial charge in [-0.1, -0.05) is 41.9 Å². The van der Waals surface area contributed by atoms with Crippen molar-refractivity contribution in [3.63, 3.8) is 0 Å². The predicted octanol–water partition coefficient (Wildman–Crippen LogP) is 2.20. The molecule has 2 amide bonds. The molecule has 0 fully saturated rings. The molecular formula is C19H21ClN2O4. The molecule has 0 aliphatic heterocycles. The average molecular weight is 377 g/mol. The van der Waals surface area contributed by atoms with E-state index in [9.17, 15) is 14.7 Å². The Morgan fingerprint density at radius 1 is 1.12 bits per heavy atom. The predicted molar refractivity (Wildman–Crippen MR) is 98.9 cm³/mol. The van der Waals surface area contributed by atoms with Crippen LogP contribution in [0, 0.1) is 0 Å². The molecule has 0 radical (unpaired) electrons. The lowest BCUT2D eigenvalue weighted by Gasteiger charge is -2.12. The average Bonchev–Trinajstić information content (AvgIpc) is 2.66. The molecule has 1 unspecified atom stereocenters. The molecule has 26 heavy (non-hydrogen) atoms. The van der Waals surface area contributed by atoms with Crippen molar-refractivity contribution >= 4 is 23.4 Å². The Kier molecular flexibility index (Phi) is 7.44. The molecule has 138 valence electrons. The molecule has 6 nitrogen and oxygen atoms in total. The largest absolute Gasteiger partial charge is 0.496 e. The van der Waals surface area contributed by atoms with Crippen LogP contribution in [0.2, 0.25) is 5.02 Å². The minimum Gasteiger partial charge on any atom is -0.496 e. The smallest absolute Gasteiger partial charge is 0.309 e. The second-order valence-electron chi connectivity index (χ2n) is 5.61. The van der Waals surface area contributed by atoms with Crippen LogP contribution in [0.4, 0.5) is 0 Å². The van der Waals surface area contributed by atoms with Crippen LogP contribution in [-0.4, -0.2) is 30.6 Å². The number of amides is 2. The third-order valence-corrected chi connectivity index (χ3v) is 4.01. The van der Waals surface area contributed by atoms with Crippen LogP contribution in [-0.2, 0) is 16.1 Å². The zero-order chi connectivity index (χ0) is 18.9. The lowest BCUT2D eigenvalue weighted by molar-refractivity contribution is -0.139. The number of carbonyl (C=O) groups excluding carboxylic acids is 2. The van der Waals surface area contributed by atoms with Crippen LogP contribution >= 0.6 is 11.6 Å². The number of ether oxygens (including phenoxy) is 1. The number of nitrogens with one attached hydrogen (secondary N) is 2. The summed E-state index contributed by atoms with van der Waals surface area (Å²) in [7, 11) is 1.54. The third-order valence-electron chi connectivity index (χ3n) is 3.77. The normalized spacial score (nSPS) is 11.5. The number of rotatable bonds is 7. The molecule has 0 saturated carbocycles. The summed E-state index contributed by atoms with van der Waals surface area (Å²) in [5.41, 5.74) is 1.43. The Bertz CT molecular complexity index is 767. The first-order valence-electron chi connectivity index (χ1n) is 8.12. The number of para-hydroxylation sites is 1. The first-order valence-corrected chi connectivity index (χ1v) is 8.50. The number of aliphatic hydroxyl groups excluding tert-OH is 1. The second-order valence-corrected chi connectivity index (χ2v) is 6.05. The summed E-state index contributed by atoms with van der Waals surface area (Å²) in [4.78, 5) is 23.7. The van der Waals surface area contributed by atoms with Gasteiger partial charge < -0.3 is 20.5 Å². The van der Waals surface area contributed by atoms with E-state index in [2.05, 4.69) is 10.6 Å². The highest BCUT2D eigenvalue weighted by Gasteiger charge is 2.15. The fourth-order valence-electron chi connectivity index (χ4n) is 2.39. The van der Waals surface area contributed by atoms with E-state index in [4.69, 9.17) is 16.3 Å². The number of hydrogen-bond acceptors (Lipinski definition) is 4. The number of carbonyl (C=O) groups is 2. The number of halogens is 1. The highest BCUT2D eigenvalue weighted by Crippen LogP contribution is 2.19. The third kappa shape index (κ3) is 5.75. The van der Waals surface area contributed by atoms with Gasteiger partial charge in [0.25, 0.3) is 0 Å². The van der Waals surface area contributed by atoms with Gasteiger partial charge in [-0.05, 0) is 30.2 Å². The van der Waals surface area contributed by atoms with Crippen LogP contribution in [0.5, 0.6) is 5.75 Å². The Hall–Kier alpha value is -2.57. The Morgan fingerprint density at radius 2 is 1.85 bits per heavy atom. The van der Waals surface area contributed by atoms with Crippen molar-refractivity contribution in [1.29, 1.82) is 0 Å². The monoisotopic (exact) mass is 376 g/mol. The fraction of sp³-hybridized carbons (Fsp3) is 0.263. The minimum absolute atomic E-state index is 0.161. The maximum atomic E-state index is 11.9. The summed E-state index contributed by atoms with van der Waals surface area (Å²) in [5.74, 6) is -0.857. The Labute approximate surface area is 157 Å². The lowest BCUT2D eigenvalue weighted by atomic mass is 10.1. The first-order chi connectivity index (χ1) is 12.5. The van der Waals surface area contributed by atoms with E-state index >= 15 is 0 Å². The molecule has 0 aliphatic carbocycles. The van der Waals surface area contributed by atoms with Gasteiger partial charge in [0.2, 0.25) is 0 Å². The minimum atomic E-state index is -0.773. The molecule has 1 atom stereocenters. The van der Waals surface area contributed by atoms with Gasteiger partial charge in [-0.2, -0.15) is 0 Å². The van der Waals surface area contributed by atoms with Crippen molar-refractivity contribution in [1.82, 2.24) is 10.6 Å². The van der Waals surface area contributed by atoms with E-state index in [0.29, 0.717) is 16.3 Å². The second kappa shape index (κ2) is 9.79. The molecule has 0 spiro atoms. The molecule has 3 N–H and O–H groups in total. The molecule has 7 heteroatoms. The molecule has 0 aromatic heterocycles. The quantitative estimate of drug-likeness (QED) is 0.646. The van der Waals surface area contributed by atoms with Gasteiger partial charge in [0.05, 0.1) is 13.2 Å². The van der Waals surface area contributed by atoms with Crippen LogP contribution in [0.15, 0.2) is 48.5 Å². The zero-order valence-electron chi connectivity index (χ0n) is 14.4. The molecule has 0 saturated heterocycles. The summed E-state index contributed by atoms with van der Waals surface area (Å²) in [5, 5.41) is 15.6. The number of methoxy groups -OCH3 is 1. The van der Waals surface area contributed by atoms with Crippen molar-refractivity contribution in [2.75, 3.05) is 13.7 Å².